The molecule has 98 valence electrons. The van der Waals surface area contributed by atoms with Gasteiger partial charge in [0.05, 0.1) is 13.7 Å². The SMILES string of the molecule is CCC1CCN(CC(=O)c2ccc(OC)cc2)C1. The summed E-state index contributed by atoms with van der Waals surface area (Å²) in [5.41, 5.74) is 0.774. The quantitative estimate of drug-likeness (QED) is 0.749. The van der Waals surface area contributed by atoms with Gasteiger partial charge in [0.25, 0.3) is 0 Å². The molecule has 3 nitrogen and oxygen atoms in total. The lowest BCUT2D eigenvalue weighted by atomic mass is 10.1. The van der Waals surface area contributed by atoms with Crippen LogP contribution in [0, 0.1) is 5.92 Å². The second-order valence-electron chi connectivity index (χ2n) is 4.95. The first-order chi connectivity index (χ1) is 8.72. The highest BCUT2D eigenvalue weighted by atomic mass is 16.5. The predicted octanol–water partition coefficient (Wildman–Crippen LogP) is 2.61. The molecule has 1 aromatic rings. The molecular formula is C15H21NO2. The van der Waals surface area contributed by atoms with E-state index in [0.717, 1.165) is 30.3 Å². The molecule has 1 unspecified atom stereocenters. The number of carbonyl (C=O) groups is 1. The molecule has 18 heavy (non-hydrogen) atoms. The second kappa shape index (κ2) is 6.01. The van der Waals surface area contributed by atoms with Gasteiger partial charge in [-0.25, -0.2) is 0 Å². The molecule has 0 N–H and O–H groups in total. The molecule has 0 aromatic heterocycles. The van der Waals surface area contributed by atoms with Crippen molar-refractivity contribution in [2.45, 2.75) is 19.8 Å². The third kappa shape index (κ3) is 3.10. The summed E-state index contributed by atoms with van der Waals surface area (Å²) in [5.74, 6) is 1.77. The predicted molar refractivity (Wildman–Crippen MR) is 72.2 cm³/mol. The van der Waals surface area contributed by atoms with Crippen LogP contribution >= 0.6 is 0 Å². The number of methoxy groups -OCH3 is 1. The molecule has 1 atom stereocenters. The lowest BCUT2D eigenvalue weighted by Gasteiger charge is -2.14. The maximum atomic E-state index is 12.1. The third-order valence-corrected chi connectivity index (χ3v) is 3.73. The van der Waals surface area contributed by atoms with Crippen molar-refractivity contribution in [3.05, 3.63) is 29.8 Å². The molecule has 0 saturated carbocycles. The van der Waals surface area contributed by atoms with E-state index in [1.165, 1.54) is 12.8 Å². The highest BCUT2D eigenvalue weighted by Crippen LogP contribution is 2.19. The minimum Gasteiger partial charge on any atom is -0.497 e. The van der Waals surface area contributed by atoms with Crippen molar-refractivity contribution in [3.63, 3.8) is 0 Å². The number of rotatable bonds is 5. The zero-order valence-electron chi connectivity index (χ0n) is 11.2. The van der Waals surface area contributed by atoms with Gasteiger partial charge in [0.1, 0.15) is 5.75 Å². The topological polar surface area (TPSA) is 29.5 Å². The Morgan fingerprint density at radius 2 is 2.11 bits per heavy atom. The first-order valence-corrected chi connectivity index (χ1v) is 6.62. The van der Waals surface area contributed by atoms with Gasteiger partial charge in [-0.05, 0) is 43.1 Å². The van der Waals surface area contributed by atoms with Gasteiger partial charge in [-0.1, -0.05) is 13.3 Å². The van der Waals surface area contributed by atoms with Crippen LogP contribution in [0.3, 0.4) is 0 Å². The molecule has 1 saturated heterocycles. The molecule has 1 aliphatic heterocycles. The maximum absolute atomic E-state index is 12.1. The first-order valence-electron chi connectivity index (χ1n) is 6.62. The normalized spacial score (nSPS) is 20.0. The molecule has 0 bridgehead atoms. The Morgan fingerprint density at radius 3 is 2.67 bits per heavy atom. The van der Waals surface area contributed by atoms with Gasteiger partial charge in [-0.15, -0.1) is 0 Å². The van der Waals surface area contributed by atoms with Crippen LogP contribution in [0.1, 0.15) is 30.1 Å². The van der Waals surface area contributed by atoms with Crippen molar-refractivity contribution >= 4 is 5.78 Å². The average Bonchev–Trinajstić information content (AvgIpc) is 2.86. The van der Waals surface area contributed by atoms with Crippen LogP contribution in [0.4, 0.5) is 0 Å². The van der Waals surface area contributed by atoms with Crippen LogP contribution in [0.2, 0.25) is 0 Å². The summed E-state index contributed by atoms with van der Waals surface area (Å²) in [5, 5.41) is 0. The number of likely N-dealkylation sites (tertiary alicyclic amines) is 1. The van der Waals surface area contributed by atoms with Crippen molar-refractivity contribution in [3.8, 4) is 5.75 Å². The Hall–Kier alpha value is -1.35. The number of nitrogens with zero attached hydrogens (tertiary/aromatic N) is 1. The molecule has 1 aliphatic rings. The largest absolute Gasteiger partial charge is 0.497 e. The molecule has 3 heteroatoms. The van der Waals surface area contributed by atoms with Crippen LogP contribution in [-0.2, 0) is 0 Å². The summed E-state index contributed by atoms with van der Waals surface area (Å²) in [6, 6.07) is 7.36. The highest BCUT2D eigenvalue weighted by molar-refractivity contribution is 5.97. The fourth-order valence-corrected chi connectivity index (χ4v) is 2.46. The van der Waals surface area contributed by atoms with E-state index in [1.807, 2.05) is 24.3 Å². The van der Waals surface area contributed by atoms with Crippen molar-refractivity contribution in [1.82, 2.24) is 4.90 Å². The van der Waals surface area contributed by atoms with Gasteiger partial charge in [-0.3, -0.25) is 9.69 Å². The molecule has 0 radical (unpaired) electrons. The van der Waals surface area contributed by atoms with E-state index in [2.05, 4.69) is 11.8 Å². The smallest absolute Gasteiger partial charge is 0.176 e. The van der Waals surface area contributed by atoms with Gasteiger partial charge in [0.15, 0.2) is 5.78 Å². The van der Waals surface area contributed by atoms with Crippen LogP contribution in [-0.4, -0.2) is 37.4 Å². The summed E-state index contributed by atoms with van der Waals surface area (Å²) in [6.07, 6.45) is 2.44. The minimum atomic E-state index is 0.203. The average molecular weight is 247 g/mol. The molecular weight excluding hydrogens is 226 g/mol. The Balaban J connectivity index is 1.91. The van der Waals surface area contributed by atoms with E-state index in [9.17, 15) is 4.79 Å². The minimum absolute atomic E-state index is 0.203. The monoisotopic (exact) mass is 247 g/mol. The summed E-state index contributed by atoms with van der Waals surface area (Å²) in [7, 11) is 1.63. The van der Waals surface area contributed by atoms with Crippen molar-refractivity contribution < 1.29 is 9.53 Å². The Morgan fingerprint density at radius 1 is 1.39 bits per heavy atom. The fourth-order valence-electron chi connectivity index (χ4n) is 2.46. The highest BCUT2D eigenvalue weighted by Gasteiger charge is 2.22. The summed E-state index contributed by atoms with van der Waals surface area (Å²) < 4.78 is 5.09. The number of benzene rings is 1. The van der Waals surface area contributed by atoms with E-state index >= 15 is 0 Å². The second-order valence-corrected chi connectivity index (χ2v) is 4.95. The van der Waals surface area contributed by atoms with Gasteiger partial charge >= 0.3 is 0 Å². The Kier molecular flexibility index (Phi) is 4.37. The van der Waals surface area contributed by atoms with E-state index in [0.29, 0.717) is 6.54 Å². The number of hydrogen-bond donors (Lipinski definition) is 0. The van der Waals surface area contributed by atoms with Crippen LogP contribution in [0.5, 0.6) is 5.75 Å². The van der Waals surface area contributed by atoms with Crippen LogP contribution in [0.25, 0.3) is 0 Å². The van der Waals surface area contributed by atoms with Crippen molar-refractivity contribution in [2.24, 2.45) is 5.92 Å². The lowest BCUT2D eigenvalue weighted by molar-refractivity contribution is 0.0943. The van der Waals surface area contributed by atoms with E-state index in [1.54, 1.807) is 7.11 Å². The van der Waals surface area contributed by atoms with E-state index < -0.39 is 0 Å². The number of Topliss-reactive ketones (excluding diaryl/α,β-unsaturated/α-hetero) is 1. The first kappa shape index (κ1) is 13.1. The summed E-state index contributed by atoms with van der Waals surface area (Å²) in [6.45, 7) is 4.89. The zero-order valence-corrected chi connectivity index (χ0v) is 11.2. The van der Waals surface area contributed by atoms with Gasteiger partial charge < -0.3 is 4.74 Å². The fraction of sp³-hybridized carbons (Fsp3) is 0.533. The van der Waals surface area contributed by atoms with E-state index in [4.69, 9.17) is 4.74 Å². The number of hydrogen-bond acceptors (Lipinski definition) is 3. The molecule has 1 fully saturated rings. The number of ether oxygens (including phenoxy) is 1. The molecule has 0 spiro atoms. The zero-order chi connectivity index (χ0) is 13.0. The lowest BCUT2D eigenvalue weighted by Crippen LogP contribution is -2.27. The van der Waals surface area contributed by atoms with Crippen molar-refractivity contribution in [2.75, 3.05) is 26.7 Å². The molecule has 0 amide bonds. The third-order valence-electron chi connectivity index (χ3n) is 3.73. The molecule has 1 aromatic carbocycles. The van der Waals surface area contributed by atoms with Gasteiger partial charge in [-0.2, -0.15) is 0 Å². The van der Waals surface area contributed by atoms with Crippen LogP contribution < -0.4 is 4.74 Å². The summed E-state index contributed by atoms with van der Waals surface area (Å²) in [4.78, 5) is 14.4. The molecule has 2 rings (SSSR count). The molecule has 0 aliphatic carbocycles. The number of carbonyl (C=O) groups excluding carboxylic acids is 1. The van der Waals surface area contributed by atoms with Gasteiger partial charge in [0.2, 0.25) is 0 Å². The summed E-state index contributed by atoms with van der Waals surface area (Å²) >= 11 is 0. The molecule has 1 heterocycles. The number of ketones is 1. The van der Waals surface area contributed by atoms with E-state index in [-0.39, 0.29) is 5.78 Å². The van der Waals surface area contributed by atoms with Gasteiger partial charge in [0, 0.05) is 12.1 Å². The Bertz CT molecular complexity index is 399. The maximum Gasteiger partial charge on any atom is 0.176 e. The Labute approximate surface area is 109 Å². The van der Waals surface area contributed by atoms with Crippen LogP contribution in [0.15, 0.2) is 24.3 Å². The standard InChI is InChI=1S/C15H21NO2/c1-3-12-8-9-16(10-12)11-15(17)13-4-6-14(18-2)7-5-13/h4-7,12H,3,8-11H2,1-2H3. The van der Waals surface area contributed by atoms with Crippen molar-refractivity contribution in [1.29, 1.82) is 0 Å².